The molecular weight excluding hydrogens is 484 g/mol. The number of halogens is 1. The number of hydrogen-bond acceptors (Lipinski definition) is 6. The lowest BCUT2D eigenvalue weighted by molar-refractivity contribution is -0.122. The highest BCUT2D eigenvalue weighted by molar-refractivity contribution is 9.10. The van der Waals surface area contributed by atoms with Crippen LogP contribution in [-0.4, -0.2) is 42.4 Å². The molecule has 1 aliphatic rings. The fourth-order valence-electron chi connectivity index (χ4n) is 3.65. The first-order chi connectivity index (χ1) is 15.8. The summed E-state index contributed by atoms with van der Waals surface area (Å²) in [4.78, 5) is 37.6. The van der Waals surface area contributed by atoms with E-state index in [1.165, 1.54) is 0 Å². The van der Waals surface area contributed by atoms with E-state index >= 15 is 0 Å². The summed E-state index contributed by atoms with van der Waals surface area (Å²) in [6, 6.07) is 16.8. The molecule has 1 aromatic heterocycles. The van der Waals surface area contributed by atoms with Crippen LogP contribution in [0, 0.1) is 12.8 Å². The molecule has 4 rings (SSSR count). The predicted molar refractivity (Wildman–Crippen MR) is 134 cm³/mol. The molecule has 0 bridgehead atoms. The minimum atomic E-state index is -0.400. The van der Waals surface area contributed by atoms with Crippen LogP contribution in [-0.2, 0) is 9.59 Å². The average Bonchev–Trinajstić information content (AvgIpc) is 3.16. The van der Waals surface area contributed by atoms with Gasteiger partial charge in [0.1, 0.15) is 17.5 Å². The Morgan fingerprint density at radius 2 is 1.82 bits per heavy atom. The highest BCUT2D eigenvalue weighted by Crippen LogP contribution is 2.28. The molecule has 1 aliphatic heterocycles. The predicted octanol–water partition coefficient (Wildman–Crippen LogP) is 4.35. The van der Waals surface area contributed by atoms with Crippen molar-refractivity contribution < 1.29 is 9.59 Å². The quantitative estimate of drug-likeness (QED) is 0.514. The molecule has 170 valence electrons. The smallest absolute Gasteiger partial charge is 0.229 e. The Balaban J connectivity index is 1.38. The normalized spacial score (nSPS) is 15.5. The number of anilines is 5. The largest absolute Gasteiger partial charge is 0.363 e. The van der Waals surface area contributed by atoms with Gasteiger partial charge in [-0.1, -0.05) is 22.0 Å². The van der Waals surface area contributed by atoms with Gasteiger partial charge in [0.25, 0.3) is 0 Å². The molecule has 33 heavy (non-hydrogen) atoms. The van der Waals surface area contributed by atoms with E-state index in [4.69, 9.17) is 0 Å². The van der Waals surface area contributed by atoms with E-state index < -0.39 is 5.92 Å². The molecule has 8 nitrogen and oxygen atoms in total. The summed E-state index contributed by atoms with van der Waals surface area (Å²) in [6.07, 6.45) is 0.194. The number of nitrogens with zero attached hydrogens (tertiary/aromatic N) is 4. The summed E-state index contributed by atoms with van der Waals surface area (Å²) in [5.74, 6) is 1.57. The van der Waals surface area contributed by atoms with E-state index in [1.807, 2.05) is 80.5 Å². The van der Waals surface area contributed by atoms with Crippen LogP contribution >= 0.6 is 15.9 Å². The minimum absolute atomic E-state index is 0.0509. The molecule has 9 heteroatoms. The van der Waals surface area contributed by atoms with Crippen LogP contribution < -0.4 is 20.4 Å². The van der Waals surface area contributed by atoms with Gasteiger partial charge in [-0.15, -0.1) is 0 Å². The highest BCUT2D eigenvalue weighted by Gasteiger charge is 2.35. The Morgan fingerprint density at radius 1 is 1.09 bits per heavy atom. The second-order valence-electron chi connectivity index (χ2n) is 8.13. The van der Waals surface area contributed by atoms with Crippen LogP contribution in [0.5, 0.6) is 0 Å². The van der Waals surface area contributed by atoms with Gasteiger partial charge < -0.3 is 20.4 Å². The second-order valence-corrected chi connectivity index (χ2v) is 9.05. The van der Waals surface area contributed by atoms with E-state index in [9.17, 15) is 9.59 Å². The maximum absolute atomic E-state index is 12.8. The van der Waals surface area contributed by atoms with Crippen LogP contribution in [0.2, 0.25) is 0 Å². The topological polar surface area (TPSA) is 90.5 Å². The zero-order valence-electron chi connectivity index (χ0n) is 18.7. The van der Waals surface area contributed by atoms with E-state index in [0.29, 0.717) is 23.9 Å². The molecule has 0 spiro atoms. The van der Waals surface area contributed by atoms with E-state index in [1.54, 1.807) is 4.90 Å². The fourth-order valence-corrected chi connectivity index (χ4v) is 4.04. The van der Waals surface area contributed by atoms with Gasteiger partial charge >= 0.3 is 0 Å². The SMILES string of the molecule is Cc1nc(Nc2ccc(NC(=O)C3CC(=O)N(c4cccc(Br)c4)C3)cc2)cc(N(C)C)n1. The third-order valence-electron chi connectivity index (χ3n) is 5.32. The molecule has 0 aliphatic carbocycles. The van der Waals surface area contributed by atoms with Crippen molar-refractivity contribution >= 4 is 56.4 Å². The number of benzene rings is 2. The molecule has 3 aromatic rings. The van der Waals surface area contributed by atoms with Crippen molar-refractivity contribution in [1.82, 2.24) is 9.97 Å². The number of carbonyl (C=O) groups is 2. The minimum Gasteiger partial charge on any atom is -0.363 e. The lowest BCUT2D eigenvalue weighted by atomic mass is 10.1. The molecule has 1 unspecified atom stereocenters. The first-order valence-corrected chi connectivity index (χ1v) is 11.3. The first-order valence-electron chi connectivity index (χ1n) is 10.6. The van der Waals surface area contributed by atoms with Gasteiger partial charge in [-0.25, -0.2) is 9.97 Å². The van der Waals surface area contributed by atoms with Crippen LogP contribution in [0.25, 0.3) is 0 Å². The van der Waals surface area contributed by atoms with Gasteiger partial charge in [-0.2, -0.15) is 0 Å². The highest BCUT2D eigenvalue weighted by atomic mass is 79.9. The number of aromatic nitrogens is 2. The standard InChI is InChI=1S/C24H25BrN6O2/c1-15-26-21(13-22(27-15)30(2)3)28-18-7-9-19(10-8-18)29-24(33)16-11-23(32)31(14-16)20-6-4-5-17(25)12-20/h4-10,12-13,16H,11,14H2,1-3H3,(H,29,33)(H,26,27,28). The van der Waals surface area contributed by atoms with Gasteiger partial charge in [0.15, 0.2) is 0 Å². The lowest BCUT2D eigenvalue weighted by Crippen LogP contribution is -2.28. The Hall–Kier alpha value is -3.46. The number of amides is 2. The maximum Gasteiger partial charge on any atom is 0.229 e. The molecule has 2 heterocycles. The molecule has 2 amide bonds. The zero-order valence-corrected chi connectivity index (χ0v) is 20.3. The molecule has 0 saturated carbocycles. The average molecular weight is 509 g/mol. The van der Waals surface area contributed by atoms with E-state index in [0.717, 1.165) is 21.7 Å². The summed E-state index contributed by atoms with van der Waals surface area (Å²) in [6.45, 7) is 2.21. The Morgan fingerprint density at radius 3 is 2.52 bits per heavy atom. The molecular formula is C24H25BrN6O2. The van der Waals surface area contributed by atoms with E-state index in [-0.39, 0.29) is 18.2 Å². The van der Waals surface area contributed by atoms with E-state index in [2.05, 4.69) is 36.5 Å². The number of hydrogen-bond donors (Lipinski definition) is 2. The Bertz CT molecular complexity index is 1180. The number of aryl methyl sites for hydroxylation is 1. The molecule has 2 N–H and O–H groups in total. The third-order valence-corrected chi connectivity index (χ3v) is 5.82. The van der Waals surface area contributed by atoms with Crippen molar-refractivity contribution in [3.05, 3.63) is 64.9 Å². The summed E-state index contributed by atoms with van der Waals surface area (Å²) in [5.41, 5.74) is 2.30. The Labute approximate surface area is 201 Å². The van der Waals surface area contributed by atoms with Crippen LogP contribution in [0.1, 0.15) is 12.2 Å². The summed E-state index contributed by atoms with van der Waals surface area (Å²) < 4.78 is 0.893. The van der Waals surface area contributed by atoms with Crippen molar-refractivity contribution in [2.45, 2.75) is 13.3 Å². The fraction of sp³-hybridized carbons (Fsp3) is 0.250. The number of rotatable bonds is 6. The first kappa shape index (κ1) is 22.7. The summed E-state index contributed by atoms with van der Waals surface area (Å²) >= 11 is 3.43. The van der Waals surface area contributed by atoms with Crippen LogP contribution in [0.15, 0.2) is 59.1 Å². The van der Waals surface area contributed by atoms with Gasteiger partial charge in [0.05, 0.1) is 5.92 Å². The molecule has 2 aromatic carbocycles. The second kappa shape index (κ2) is 9.58. The van der Waals surface area contributed by atoms with Crippen molar-refractivity contribution in [3.8, 4) is 0 Å². The van der Waals surface area contributed by atoms with Crippen molar-refractivity contribution in [2.24, 2.45) is 5.92 Å². The van der Waals surface area contributed by atoms with Gasteiger partial charge in [-0.3, -0.25) is 9.59 Å². The van der Waals surface area contributed by atoms with Gasteiger partial charge in [-0.05, 0) is 49.4 Å². The zero-order chi connectivity index (χ0) is 23.5. The number of nitrogens with one attached hydrogen (secondary N) is 2. The molecule has 1 fully saturated rings. The monoisotopic (exact) mass is 508 g/mol. The number of carbonyl (C=O) groups excluding carboxylic acids is 2. The van der Waals surface area contributed by atoms with Crippen molar-refractivity contribution in [2.75, 3.05) is 41.1 Å². The van der Waals surface area contributed by atoms with Gasteiger partial charge in [0, 0.05) is 54.7 Å². The van der Waals surface area contributed by atoms with Crippen LogP contribution in [0.3, 0.4) is 0 Å². The summed E-state index contributed by atoms with van der Waals surface area (Å²) in [5, 5.41) is 6.19. The lowest BCUT2D eigenvalue weighted by Gasteiger charge is -2.17. The molecule has 0 radical (unpaired) electrons. The van der Waals surface area contributed by atoms with Crippen molar-refractivity contribution in [3.63, 3.8) is 0 Å². The van der Waals surface area contributed by atoms with Crippen LogP contribution in [0.4, 0.5) is 28.7 Å². The molecule has 1 saturated heterocycles. The summed E-state index contributed by atoms with van der Waals surface area (Å²) in [7, 11) is 3.86. The maximum atomic E-state index is 12.8. The van der Waals surface area contributed by atoms with Crippen molar-refractivity contribution in [1.29, 1.82) is 0 Å². The Kier molecular flexibility index (Phi) is 6.60. The third kappa shape index (κ3) is 5.48. The van der Waals surface area contributed by atoms with Gasteiger partial charge in [0.2, 0.25) is 11.8 Å². The molecule has 1 atom stereocenters.